The topological polar surface area (TPSA) is 82.4 Å². The van der Waals surface area contributed by atoms with E-state index in [4.69, 9.17) is 19.4 Å². The van der Waals surface area contributed by atoms with Gasteiger partial charge in [-0.1, -0.05) is 6.92 Å². The van der Waals surface area contributed by atoms with Crippen LogP contribution in [0.15, 0.2) is 30.6 Å². The molecule has 1 saturated heterocycles. The second-order valence-corrected chi connectivity index (χ2v) is 7.59. The summed E-state index contributed by atoms with van der Waals surface area (Å²) in [6.45, 7) is 9.01. The molecule has 0 amide bonds. The minimum absolute atomic E-state index is 0.0750. The molecule has 1 aliphatic heterocycles. The number of benzene rings is 1. The first-order valence-electron chi connectivity index (χ1n) is 10.4. The van der Waals surface area contributed by atoms with Crippen LogP contribution in [0.4, 0.5) is 5.95 Å². The summed E-state index contributed by atoms with van der Waals surface area (Å²) in [7, 11) is 0. The van der Waals surface area contributed by atoms with E-state index < -0.39 is 0 Å². The lowest BCUT2D eigenvalue weighted by Crippen LogP contribution is -2.37. The number of Topliss-reactive ketones (excluding diaryl/α,β-unsaturated/α-hetero) is 1. The fourth-order valence-corrected chi connectivity index (χ4v) is 3.36. The van der Waals surface area contributed by atoms with E-state index in [9.17, 15) is 4.79 Å². The predicted molar refractivity (Wildman–Crippen MR) is 115 cm³/mol. The van der Waals surface area contributed by atoms with Gasteiger partial charge in [0, 0.05) is 31.1 Å². The van der Waals surface area contributed by atoms with E-state index >= 15 is 0 Å². The lowest BCUT2D eigenvalue weighted by Gasteiger charge is -2.27. The van der Waals surface area contributed by atoms with Gasteiger partial charge in [-0.05, 0) is 38.1 Å². The highest BCUT2D eigenvalue weighted by molar-refractivity contribution is 5.88. The number of ketones is 1. The monoisotopic (exact) mass is 409 g/mol. The lowest BCUT2D eigenvalue weighted by molar-refractivity contribution is -0.120. The molecule has 0 radical (unpaired) electrons. The molecule has 1 fully saturated rings. The van der Waals surface area contributed by atoms with Gasteiger partial charge in [0.05, 0.1) is 19.5 Å². The minimum atomic E-state index is 0.0750. The molecular weight excluding hydrogens is 382 g/mol. The van der Waals surface area contributed by atoms with E-state index in [1.807, 2.05) is 37.5 Å². The van der Waals surface area contributed by atoms with Crippen LogP contribution in [-0.2, 0) is 9.53 Å². The maximum absolute atomic E-state index is 11.5. The number of anilines is 1. The quantitative estimate of drug-likeness (QED) is 0.592. The zero-order valence-corrected chi connectivity index (χ0v) is 17.7. The maximum Gasteiger partial charge on any atom is 0.228 e. The zero-order valence-electron chi connectivity index (χ0n) is 17.7. The van der Waals surface area contributed by atoms with Crippen LogP contribution in [0.2, 0.25) is 0 Å². The molecule has 1 aromatic carbocycles. The number of carbonyl (C=O) groups excluding carboxylic acids is 1. The van der Waals surface area contributed by atoms with Gasteiger partial charge in [-0.25, -0.2) is 9.97 Å². The Morgan fingerprint density at radius 3 is 2.57 bits per heavy atom. The summed E-state index contributed by atoms with van der Waals surface area (Å²) in [6, 6.07) is 7.86. The maximum atomic E-state index is 11.5. The van der Waals surface area contributed by atoms with Crippen LogP contribution in [0.3, 0.4) is 0 Å². The van der Waals surface area contributed by atoms with Crippen molar-refractivity contribution in [3.63, 3.8) is 0 Å². The molecule has 3 aromatic rings. The summed E-state index contributed by atoms with van der Waals surface area (Å²) in [6.07, 6.45) is 2.30. The van der Waals surface area contributed by atoms with Crippen LogP contribution >= 0.6 is 0 Å². The smallest absolute Gasteiger partial charge is 0.228 e. The first-order valence-corrected chi connectivity index (χ1v) is 10.4. The van der Waals surface area contributed by atoms with Crippen LogP contribution in [-0.4, -0.2) is 58.2 Å². The van der Waals surface area contributed by atoms with Gasteiger partial charge >= 0.3 is 0 Å². The van der Waals surface area contributed by atoms with Gasteiger partial charge in [0.25, 0.3) is 0 Å². The SMILES string of the molecule is CCC(=O)COc1ccc(-c2nc(N3CCOCC3)nc3c2ncn3C(C)C)cc1. The van der Waals surface area contributed by atoms with Gasteiger partial charge in [-0.3, -0.25) is 4.79 Å². The Labute approximate surface area is 175 Å². The average Bonchev–Trinajstić information content (AvgIpc) is 3.22. The number of ether oxygens (including phenoxy) is 2. The molecule has 0 aliphatic carbocycles. The number of hydrogen-bond donors (Lipinski definition) is 0. The normalized spacial score (nSPS) is 14.5. The van der Waals surface area contributed by atoms with Crippen molar-refractivity contribution >= 4 is 22.9 Å². The molecule has 0 spiro atoms. The van der Waals surface area contributed by atoms with Gasteiger partial charge in [-0.2, -0.15) is 4.98 Å². The van der Waals surface area contributed by atoms with Crippen LogP contribution in [0, 0.1) is 0 Å². The molecular formula is C22H27N5O3. The van der Waals surface area contributed by atoms with Crippen molar-refractivity contribution in [3.05, 3.63) is 30.6 Å². The van der Waals surface area contributed by atoms with Crippen molar-refractivity contribution in [2.75, 3.05) is 37.8 Å². The summed E-state index contributed by atoms with van der Waals surface area (Å²) in [5.41, 5.74) is 3.32. The van der Waals surface area contributed by atoms with Crippen LogP contribution in [0.25, 0.3) is 22.4 Å². The molecule has 8 nitrogen and oxygen atoms in total. The highest BCUT2D eigenvalue weighted by atomic mass is 16.5. The first-order chi connectivity index (χ1) is 14.6. The van der Waals surface area contributed by atoms with E-state index in [-0.39, 0.29) is 18.4 Å². The second kappa shape index (κ2) is 8.79. The fourth-order valence-electron chi connectivity index (χ4n) is 3.36. The van der Waals surface area contributed by atoms with Gasteiger partial charge in [0.2, 0.25) is 5.95 Å². The summed E-state index contributed by atoms with van der Waals surface area (Å²) in [5.74, 6) is 1.43. The molecule has 0 N–H and O–H groups in total. The minimum Gasteiger partial charge on any atom is -0.486 e. The zero-order chi connectivity index (χ0) is 21.1. The highest BCUT2D eigenvalue weighted by Gasteiger charge is 2.20. The molecule has 3 heterocycles. The Bertz CT molecular complexity index is 1020. The predicted octanol–water partition coefficient (Wildman–Crippen LogP) is 3.27. The van der Waals surface area contributed by atoms with Crippen molar-refractivity contribution in [1.29, 1.82) is 0 Å². The molecule has 4 rings (SSSR count). The van der Waals surface area contributed by atoms with E-state index in [0.717, 1.165) is 35.5 Å². The Kier molecular flexibility index (Phi) is 5.94. The third kappa shape index (κ3) is 4.14. The number of imidazole rings is 1. The number of morpholine rings is 1. The van der Waals surface area contributed by atoms with E-state index in [0.29, 0.717) is 31.3 Å². The summed E-state index contributed by atoms with van der Waals surface area (Å²) in [5, 5.41) is 0. The Balaban J connectivity index is 1.72. The molecule has 8 heteroatoms. The number of carbonyl (C=O) groups is 1. The standard InChI is InChI=1S/C22H27N5O3/c1-4-17(28)13-30-18-7-5-16(6-8-18)19-20-21(27(14-23-20)15(2)3)25-22(24-19)26-9-11-29-12-10-26/h5-8,14-15H,4,9-13H2,1-3H3. The Morgan fingerprint density at radius 2 is 1.90 bits per heavy atom. The number of hydrogen-bond acceptors (Lipinski definition) is 7. The number of nitrogens with zero attached hydrogens (tertiary/aromatic N) is 5. The van der Waals surface area contributed by atoms with Crippen LogP contribution in [0.1, 0.15) is 33.2 Å². The van der Waals surface area contributed by atoms with Crippen LogP contribution in [0.5, 0.6) is 5.75 Å². The molecule has 2 aromatic heterocycles. The third-order valence-corrected chi connectivity index (χ3v) is 5.18. The lowest BCUT2D eigenvalue weighted by atomic mass is 10.1. The molecule has 158 valence electrons. The van der Waals surface area contributed by atoms with Crippen molar-refractivity contribution in [1.82, 2.24) is 19.5 Å². The first kappa shape index (κ1) is 20.3. The van der Waals surface area contributed by atoms with Crippen molar-refractivity contribution in [2.24, 2.45) is 0 Å². The molecule has 0 unspecified atom stereocenters. The van der Waals surface area contributed by atoms with E-state index in [2.05, 4.69) is 28.3 Å². The van der Waals surface area contributed by atoms with Crippen molar-refractivity contribution in [2.45, 2.75) is 33.2 Å². The number of aromatic nitrogens is 4. The number of fused-ring (bicyclic) bond motifs is 1. The molecule has 1 aliphatic rings. The Hall–Kier alpha value is -3.00. The Morgan fingerprint density at radius 1 is 1.17 bits per heavy atom. The van der Waals surface area contributed by atoms with Gasteiger partial charge < -0.3 is 18.9 Å². The van der Waals surface area contributed by atoms with E-state index in [1.54, 1.807) is 0 Å². The van der Waals surface area contributed by atoms with Crippen molar-refractivity contribution < 1.29 is 14.3 Å². The summed E-state index contributed by atoms with van der Waals surface area (Å²) in [4.78, 5) is 28.0. The molecule has 0 atom stereocenters. The molecule has 0 saturated carbocycles. The third-order valence-electron chi connectivity index (χ3n) is 5.18. The second-order valence-electron chi connectivity index (χ2n) is 7.59. The van der Waals surface area contributed by atoms with Crippen LogP contribution < -0.4 is 9.64 Å². The molecule has 0 bridgehead atoms. The van der Waals surface area contributed by atoms with Gasteiger partial charge in [0.15, 0.2) is 11.4 Å². The van der Waals surface area contributed by atoms with E-state index in [1.165, 1.54) is 0 Å². The van der Waals surface area contributed by atoms with Crippen molar-refractivity contribution in [3.8, 4) is 17.0 Å². The summed E-state index contributed by atoms with van der Waals surface area (Å²) < 4.78 is 13.1. The van der Waals surface area contributed by atoms with Gasteiger partial charge in [0.1, 0.15) is 23.6 Å². The highest BCUT2D eigenvalue weighted by Crippen LogP contribution is 2.30. The average molecular weight is 409 g/mol. The van der Waals surface area contributed by atoms with Gasteiger partial charge in [-0.15, -0.1) is 0 Å². The largest absolute Gasteiger partial charge is 0.486 e. The fraction of sp³-hybridized carbons (Fsp3) is 0.455. The molecule has 30 heavy (non-hydrogen) atoms. The number of rotatable bonds is 7. The summed E-state index contributed by atoms with van der Waals surface area (Å²) >= 11 is 0.